The van der Waals surface area contributed by atoms with Crippen molar-refractivity contribution in [3.05, 3.63) is 66.9 Å². The Hall–Kier alpha value is -3.52. The quantitative estimate of drug-likeness (QED) is 0.361. The van der Waals surface area contributed by atoms with Crippen LogP contribution in [0.4, 0.5) is 17.0 Å². The van der Waals surface area contributed by atoms with Gasteiger partial charge in [-0.2, -0.15) is 20.2 Å². The Balaban J connectivity index is 1.37. The Bertz CT molecular complexity index is 1280. The van der Waals surface area contributed by atoms with Gasteiger partial charge in [-0.1, -0.05) is 59.9 Å². The SMILES string of the molecule is N#CCCN1CCN(c2nc(Nc3ncc(-c4ccccc4)s3)nc(Sc3ccccc3)n2)CC1. The summed E-state index contributed by atoms with van der Waals surface area (Å²) in [6.45, 7) is 4.17. The first-order valence-electron chi connectivity index (χ1n) is 11.4. The highest BCUT2D eigenvalue weighted by molar-refractivity contribution is 7.99. The lowest BCUT2D eigenvalue weighted by molar-refractivity contribution is 0.262. The predicted octanol–water partition coefficient (Wildman–Crippen LogP) is 4.93. The smallest absolute Gasteiger partial charge is 0.234 e. The molecule has 0 atom stereocenters. The minimum Gasteiger partial charge on any atom is -0.338 e. The Morgan fingerprint density at radius 2 is 1.69 bits per heavy atom. The lowest BCUT2D eigenvalue weighted by Crippen LogP contribution is -2.47. The summed E-state index contributed by atoms with van der Waals surface area (Å²) in [6.07, 6.45) is 2.42. The van der Waals surface area contributed by atoms with Gasteiger partial charge in [-0.15, -0.1) is 0 Å². The molecular formula is C25H24N8S2. The zero-order valence-electron chi connectivity index (χ0n) is 19.0. The zero-order chi connectivity index (χ0) is 23.9. The molecule has 0 aliphatic carbocycles. The van der Waals surface area contributed by atoms with E-state index >= 15 is 0 Å². The van der Waals surface area contributed by atoms with Crippen molar-refractivity contribution in [2.45, 2.75) is 16.5 Å². The van der Waals surface area contributed by atoms with Gasteiger partial charge in [0.15, 0.2) is 10.3 Å². The van der Waals surface area contributed by atoms with E-state index in [2.05, 4.69) is 43.3 Å². The summed E-state index contributed by atoms with van der Waals surface area (Å²) in [5.41, 5.74) is 1.13. The van der Waals surface area contributed by atoms with Crippen LogP contribution < -0.4 is 10.2 Å². The Morgan fingerprint density at radius 3 is 2.43 bits per heavy atom. The van der Waals surface area contributed by atoms with Crippen molar-refractivity contribution in [1.29, 1.82) is 5.26 Å². The average Bonchev–Trinajstić information content (AvgIpc) is 3.37. The highest BCUT2D eigenvalue weighted by Gasteiger charge is 2.21. The molecule has 1 fully saturated rings. The summed E-state index contributed by atoms with van der Waals surface area (Å²) >= 11 is 3.08. The van der Waals surface area contributed by atoms with Crippen molar-refractivity contribution >= 4 is 40.1 Å². The van der Waals surface area contributed by atoms with E-state index in [1.165, 1.54) is 11.8 Å². The molecule has 0 spiro atoms. The molecule has 35 heavy (non-hydrogen) atoms. The number of anilines is 3. The fourth-order valence-electron chi connectivity index (χ4n) is 3.73. The van der Waals surface area contributed by atoms with E-state index in [9.17, 15) is 0 Å². The summed E-state index contributed by atoms with van der Waals surface area (Å²) in [6, 6.07) is 22.5. The standard InChI is InChI=1S/C25H24N8S2/c26-12-7-13-32-14-16-33(17-15-32)23-28-22(30-25(31-23)34-20-10-5-2-6-11-20)29-24-27-18-21(35-24)19-8-3-1-4-9-19/h1-6,8-11,18H,7,13-17H2,(H,27,28,29,30,31). The van der Waals surface area contributed by atoms with Crippen LogP contribution in [0.2, 0.25) is 0 Å². The molecule has 4 aromatic rings. The van der Waals surface area contributed by atoms with E-state index in [4.69, 9.17) is 15.2 Å². The molecule has 0 bridgehead atoms. The molecule has 0 radical (unpaired) electrons. The van der Waals surface area contributed by atoms with Crippen LogP contribution in [0.1, 0.15) is 6.42 Å². The van der Waals surface area contributed by atoms with Crippen LogP contribution in [0.15, 0.2) is 76.9 Å². The van der Waals surface area contributed by atoms with E-state index in [0.717, 1.165) is 53.2 Å². The number of benzene rings is 2. The second kappa shape index (κ2) is 11.3. The molecular weight excluding hydrogens is 476 g/mol. The fraction of sp³-hybridized carbons (Fsp3) is 0.240. The third-order valence-electron chi connectivity index (χ3n) is 5.53. The van der Waals surface area contributed by atoms with E-state index in [0.29, 0.717) is 23.5 Å². The molecule has 1 N–H and O–H groups in total. The summed E-state index contributed by atoms with van der Waals surface area (Å²) in [4.78, 5) is 25.4. The second-order valence-corrected chi connectivity index (χ2v) is 9.99. The highest BCUT2D eigenvalue weighted by Crippen LogP contribution is 2.31. The van der Waals surface area contributed by atoms with Crippen molar-refractivity contribution in [3.8, 4) is 16.5 Å². The number of rotatable bonds is 8. The number of nitrogens with one attached hydrogen (secondary N) is 1. The van der Waals surface area contributed by atoms with Crippen molar-refractivity contribution in [2.75, 3.05) is 42.9 Å². The molecule has 1 saturated heterocycles. The van der Waals surface area contributed by atoms with Crippen LogP contribution in [-0.2, 0) is 0 Å². The molecule has 0 amide bonds. The van der Waals surface area contributed by atoms with Crippen molar-refractivity contribution < 1.29 is 0 Å². The first-order chi connectivity index (χ1) is 17.3. The normalized spacial score (nSPS) is 14.0. The van der Waals surface area contributed by atoms with E-state index in [1.54, 1.807) is 11.3 Å². The van der Waals surface area contributed by atoms with Gasteiger partial charge >= 0.3 is 0 Å². The Labute approximate surface area is 212 Å². The van der Waals surface area contributed by atoms with Crippen molar-refractivity contribution in [1.82, 2.24) is 24.8 Å². The van der Waals surface area contributed by atoms with Crippen LogP contribution in [0, 0.1) is 11.3 Å². The predicted molar refractivity (Wildman–Crippen MR) is 140 cm³/mol. The Kier molecular flexibility index (Phi) is 7.48. The monoisotopic (exact) mass is 500 g/mol. The zero-order valence-corrected chi connectivity index (χ0v) is 20.7. The molecule has 10 heteroatoms. The number of aromatic nitrogens is 4. The van der Waals surface area contributed by atoms with Gasteiger partial charge < -0.3 is 4.90 Å². The van der Waals surface area contributed by atoms with Crippen LogP contribution in [-0.4, -0.2) is 57.6 Å². The van der Waals surface area contributed by atoms with Gasteiger partial charge in [-0.05, 0) is 29.5 Å². The highest BCUT2D eigenvalue weighted by atomic mass is 32.2. The summed E-state index contributed by atoms with van der Waals surface area (Å²) in [5.74, 6) is 1.13. The third-order valence-corrected chi connectivity index (χ3v) is 7.37. The minimum atomic E-state index is 0.481. The molecule has 0 unspecified atom stereocenters. The number of nitriles is 1. The van der Waals surface area contributed by atoms with Crippen LogP contribution in [0.3, 0.4) is 0 Å². The summed E-state index contributed by atoms with van der Waals surface area (Å²) in [5, 5.41) is 13.5. The average molecular weight is 501 g/mol. The van der Waals surface area contributed by atoms with E-state index in [-0.39, 0.29) is 0 Å². The van der Waals surface area contributed by atoms with Gasteiger partial charge in [-0.3, -0.25) is 10.2 Å². The summed E-state index contributed by atoms with van der Waals surface area (Å²) < 4.78 is 0. The maximum absolute atomic E-state index is 8.87. The molecule has 2 aromatic carbocycles. The lowest BCUT2D eigenvalue weighted by Gasteiger charge is -2.34. The molecule has 5 rings (SSSR count). The van der Waals surface area contributed by atoms with E-state index in [1.807, 2.05) is 54.7 Å². The molecule has 176 valence electrons. The number of thiazole rings is 1. The van der Waals surface area contributed by atoms with Crippen LogP contribution in [0.5, 0.6) is 0 Å². The Morgan fingerprint density at radius 1 is 0.943 bits per heavy atom. The number of hydrogen-bond donors (Lipinski definition) is 1. The van der Waals surface area contributed by atoms with Crippen molar-refractivity contribution in [3.63, 3.8) is 0 Å². The maximum Gasteiger partial charge on any atom is 0.234 e. The molecule has 8 nitrogen and oxygen atoms in total. The molecule has 3 heterocycles. The van der Waals surface area contributed by atoms with E-state index < -0.39 is 0 Å². The van der Waals surface area contributed by atoms with Crippen LogP contribution in [0.25, 0.3) is 10.4 Å². The molecule has 1 aliphatic rings. The number of piperazine rings is 1. The van der Waals surface area contributed by atoms with Crippen LogP contribution >= 0.6 is 23.1 Å². The van der Waals surface area contributed by atoms with Gasteiger partial charge in [0.25, 0.3) is 0 Å². The van der Waals surface area contributed by atoms with Gasteiger partial charge in [0, 0.05) is 50.2 Å². The molecule has 2 aromatic heterocycles. The van der Waals surface area contributed by atoms with Gasteiger partial charge in [0.05, 0.1) is 10.9 Å². The topological polar surface area (TPSA) is 93.9 Å². The number of hydrogen-bond acceptors (Lipinski definition) is 10. The van der Waals surface area contributed by atoms with Gasteiger partial charge in [0.2, 0.25) is 11.9 Å². The molecule has 0 saturated carbocycles. The van der Waals surface area contributed by atoms with Crippen molar-refractivity contribution in [2.24, 2.45) is 0 Å². The lowest BCUT2D eigenvalue weighted by atomic mass is 10.2. The fourth-order valence-corrected chi connectivity index (χ4v) is 5.30. The largest absolute Gasteiger partial charge is 0.338 e. The maximum atomic E-state index is 8.87. The molecule has 1 aliphatic heterocycles. The summed E-state index contributed by atoms with van der Waals surface area (Å²) in [7, 11) is 0. The second-order valence-electron chi connectivity index (χ2n) is 7.91. The first-order valence-corrected chi connectivity index (χ1v) is 13.0. The third kappa shape index (κ3) is 6.14. The van der Waals surface area contributed by atoms with Gasteiger partial charge in [-0.25, -0.2) is 4.98 Å². The van der Waals surface area contributed by atoms with Gasteiger partial charge in [0.1, 0.15) is 0 Å². The first kappa shape index (κ1) is 23.2. The minimum absolute atomic E-state index is 0.481. The number of nitrogens with zero attached hydrogens (tertiary/aromatic N) is 7.